The Morgan fingerprint density at radius 1 is 1.16 bits per heavy atom. The second-order valence-electron chi connectivity index (χ2n) is 6.78. The van der Waals surface area contributed by atoms with Gasteiger partial charge < -0.3 is 15.4 Å². The van der Waals surface area contributed by atoms with Crippen molar-refractivity contribution in [1.82, 2.24) is 10.6 Å². The van der Waals surface area contributed by atoms with Crippen molar-refractivity contribution < 1.29 is 14.3 Å². The largest absolute Gasteiger partial charge is 0.378 e. The molecular weight excluding hydrogens is 316 g/mol. The first-order chi connectivity index (χ1) is 12.1. The van der Waals surface area contributed by atoms with Gasteiger partial charge in [-0.1, -0.05) is 37.5 Å². The second kappa shape index (κ2) is 10.9. The standard InChI is InChI=1S/C20H30N2O3/c1-16(22-20(24)17-9-4-2-5-10-17)15-19(23)21-13-8-14-25-18-11-6-3-7-12-18/h2,4-5,9-10,16,18H,3,6-8,11-15H2,1H3,(H,21,23)(H,22,24). The molecule has 1 fully saturated rings. The molecule has 1 aromatic rings. The quantitative estimate of drug-likeness (QED) is 0.675. The summed E-state index contributed by atoms with van der Waals surface area (Å²) in [5.74, 6) is -0.194. The van der Waals surface area contributed by atoms with Crippen molar-refractivity contribution in [3.63, 3.8) is 0 Å². The van der Waals surface area contributed by atoms with E-state index < -0.39 is 0 Å². The summed E-state index contributed by atoms with van der Waals surface area (Å²) in [4.78, 5) is 24.0. The molecule has 2 rings (SSSR count). The highest BCUT2D eigenvalue weighted by Crippen LogP contribution is 2.20. The number of amides is 2. The molecule has 0 heterocycles. The van der Waals surface area contributed by atoms with E-state index in [4.69, 9.17) is 4.74 Å². The summed E-state index contributed by atoms with van der Waals surface area (Å²) >= 11 is 0. The maximum Gasteiger partial charge on any atom is 0.251 e. The second-order valence-corrected chi connectivity index (χ2v) is 6.78. The van der Waals surface area contributed by atoms with Crippen molar-refractivity contribution in [2.24, 2.45) is 0 Å². The van der Waals surface area contributed by atoms with E-state index in [1.165, 1.54) is 32.1 Å². The highest BCUT2D eigenvalue weighted by Gasteiger charge is 2.14. The van der Waals surface area contributed by atoms with Gasteiger partial charge in [0.1, 0.15) is 0 Å². The minimum absolute atomic E-state index is 0.0430. The molecule has 1 aliphatic carbocycles. The summed E-state index contributed by atoms with van der Waals surface area (Å²) in [6, 6.07) is 8.82. The number of nitrogens with one attached hydrogen (secondary N) is 2. The smallest absolute Gasteiger partial charge is 0.251 e. The van der Waals surface area contributed by atoms with Crippen LogP contribution in [0.3, 0.4) is 0 Å². The van der Waals surface area contributed by atoms with Gasteiger partial charge in [-0.15, -0.1) is 0 Å². The van der Waals surface area contributed by atoms with Crippen molar-refractivity contribution in [3.05, 3.63) is 35.9 Å². The van der Waals surface area contributed by atoms with Crippen LogP contribution in [0.15, 0.2) is 30.3 Å². The van der Waals surface area contributed by atoms with Crippen molar-refractivity contribution in [2.75, 3.05) is 13.2 Å². The molecule has 1 atom stereocenters. The van der Waals surface area contributed by atoms with Crippen LogP contribution in [-0.4, -0.2) is 37.1 Å². The fraction of sp³-hybridized carbons (Fsp3) is 0.600. The number of hydrogen-bond acceptors (Lipinski definition) is 3. The summed E-state index contributed by atoms with van der Waals surface area (Å²) in [6.07, 6.45) is 7.74. The highest BCUT2D eigenvalue weighted by molar-refractivity contribution is 5.94. The van der Waals surface area contributed by atoms with Crippen LogP contribution in [0.4, 0.5) is 0 Å². The minimum Gasteiger partial charge on any atom is -0.378 e. The zero-order chi connectivity index (χ0) is 17.9. The maximum absolute atomic E-state index is 12.0. The molecular formula is C20H30N2O3. The van der Waals surface area contributed by atoms with Crippen LogP contribution in [0, 0.1) is 0 Å². The van der Waals surface area contributed by atoms with Crippen LogP contribution in [0.2, 0.25) is 0 Å². The predicted octanol–water partition coefficient (Wildman–Crippen LogP) is 3.05. The van der Waals surface area contributed by atoms with Gasteiger partial charge in [-0.3, -0.25) is 9.59 Å². The lowest BCUT2D eigenvalue weighted by molar-refractivity contribution is -0.121. The van der Waals surface area contributed by atoms with E-state index in [0.29, 0.717) is 24.8 Å². The van der Waals surface area contributed by atoms with Crippen molar-refractivity contribution in [3.8, 4) is 0 Å². The Bertz CT molecular complexity index is 527. The Balaban J connectivity index is 1.54. The molecule has 2 N–H and O–H groups in total. The molecule has 1 aliphatic rings. The van der Waals surface area contributed by atoms with Gasteiger partial charge in [0.05, 0.1) is 6.10 Å². The molecule has 1 saturated carbocycles. The van der Waals surface area contributed by atoms with Crippen molar-refractivity contribution in [1.29, 1.82) is 0 Å². The Morgan fingerprint density at radius 3 is 2.60 bits per heavy atom. The van der Waals surface area contributed by atoms with E-state index in [0.717, 1.165) is 6.42 Å². The van der Waals surface area contributed by atoms with Gasteiger partial charge in [0, 0.05) is 31.2 Å². The molecule has 1 aromatic carbocycles. The molecule has 2 amide bonds. The summed E-state index contributed by atoms with van der Waals surface area (Å²) < 4.78 is 5.84. The average Bonchev–Trinajstić information content (AvgIpc) is 2.63. The Labute approximate surface area is 150 Å². The summed E-state index contributed by atoms with van der Waals surface area (Å²) in [5.41, 5.74) is 0.606. The third-order valence-corrected chi connectivity index (χ3v) is 4.45. The van der Waals surface area contributed by atoms with Gasteiger partial charge in [0.25, 0.3) is 5.91 Å². The van der Waals surface area contributed by atoms with Gasteiger partial charge in [-0.05, 0) is 38.3 Å². The zero-order valence-electron chi connectivity index (χ0n) is 15.1. The molecule has 5 heteroatoms. The molecule has 0 spiro atoms. The highest BCUT2D eigenvalue weighted by atomic mass is 16.5. The van der Waals surface area contributed by atoms with E-state index in [-0.39, 0.29) is 24.3 Å². The molecule has 25 heavy (non-hydrogen) atoms. The van der Waals surface area contributed by atoms with Gasteiger partial charge in [-0.2, -0.15) is 0 Å². The van der Waals surface area contributed by atoms with Crippen LogP contribution in [0.1, 0.15) is 62.2 Å². The van der Waals surface area contributed by atoms with Gasteiger partial charge in [0.2, 0.25) is 5.91 Å². The number of hydrogen-bond donors (Lipinski definition) is 2. The first kappa shape index (κ1) is 19.4. The molecule has 0 bridgehead atoms. The number of rotatable bonds is 9. The molecule has 0 aliphatic heterocycles. The van der Waals surface area contributed by atoms with E-state index >= 15 is 0 Å². The van der Waals surface area contributed by atoms with Crippen LogP contribution in [-0.2, 0) is 9.53 Å². The SMILES string of the molecule is CC(CC(=O)NCCCOC1CCCCC1)NC(=O)c1ccccc1. The van der Waals surface area contributed by atoms with E-state index in [1.807, 2.05) is 25.1 Å². The van der Waals surface area contributed by atoms with Crippen molar-refractivity contribution in [2.45, 2.75) is 64.0 Å². The number of carbonyl (C=O) groups is 2. The monoisotopic (exact) mass is 346 g/mol. The van der Waals surface area contributed by atoms with Crippen LogP contribution < -0.4 is 10.6 Å². The first-order valence-electron chi connectivity index (χ1n) is 9.39. The van der Waals surface area contributed by atoms with Crippen LogP contribution in [0.5, 0.6) is 0 Å². The molecule has 0 radical (unpaired) electrons. The van der Waals surface area contributed by atoms with E-state index in [9.17, 15) is 9.59 Å². The maximum atomic E-state index is 12.0. The summed E-state index contributed by atoms with van der Waals surface area (Å²) in [6.45, 7) is 3.16. The first-order valence-corrected chi connectivity index (χ1v) is 9.39. The van der Waals surface area contributed by atoms with E-state index in [2.05, 4.69) is 10.6 Å². The zero-order valence-corrected chi connectivity index (χ0v) is 15.1. The summed E-state index contributed by atoms with van der Waals surface area (Å²) in [5, 5.41) is 5.74. The third-order valence-electron chi connectivity index (χ3n) is 4.45. The lowest BCUT2D eigenvalue weighted by atomic mass is 9.98. The molecule has 1 unspecified atom stereocenters. The Kier molecular flexibility index (Phi) is 8.46. The van der Waals surface area contributed by atoms with Gasteiger partial charge >= 0.3 is 0 Å². The van der Waals surface area contributed by atoms with Crippen molar-refractivity contribution >= 4 is 11.8 Å². The fourth-order valence-corrected chi connectivity index (χ4v) is 3.08. The molecule has 0 aromatic heterocycles. The minimum atomic E-state index is -0.203. The Morgan fingerprint density at radius 2 is 1.88 bits per heavy atom. The topological polar surface area (TPSA) is 67.4 Å². The Hall–Kier alpha value is -1.88. The lowest BCUT2D eigenvalue weighted by Crippen LogP contribution is -2.37. The van der Waals surface area contributed by atoms with Crippen LogP contribution >= 0.6 is 0 Å². The fourth-order valence-electron chi connectivity index (χ4n) is 3.08. The number of ether oxygens (including phenoxy) is 1. The summed E-state index contributed by atoms with van der Waals surface area (Å²) in [7, 11) is 0. The molecule has 0 saturated heterocycles. The number of carbonyl (C=O) groups excluding carboxylic acids is 2. The third kappa shape index (κ3) is 7.69. The van der Waals surface area contributed by atoms with Gasteiger partial charge in [0.15, 0.2) is 0 Å². The van der Waals surface area contributed by atoms with E-state index in [1.54, 1.807) is 12.1 Å². The lowest BCUT2D eigenvalue weighted by Gasteiger charge is -2.22. The molecule has 5 nitrogen and oxygen atoms in total. The average molecular weight is 346 g/mol. The predicted molar refractivity (Wildman–Crippen MR) is 98.4 cm³/mol. The van der Waals surface area contributed by atoms with Gasteiger partial charge in [-0.25, -0.2) is 0 Å². The van der Waals surface area contributed by atoms with Crippen LogP contribution in [0.25, 0.3) is 0 Å². The normalized spacial score (nSPS) is 16.2. The molecule has 138 valence electrons. The number of benzene rings is 1.